The highest BCUT2D eigenvalue weighted by Crippen LogP contribution is 2.18. The number of rotatable bonds is 3. The molecule has 0 aliphatic carbocycles. The number of benzene rings is 1. The summed E-state index contributed by atoms with van der Waals surface area (Å²) in [4.78, 5) is 14.2. The number of likely N-dealkylation sites (tertiary alicyclic amines) is 1. The molecular formula is C14H20N2O3S. The van der Waals surface area contributed by atoms with Gasteiger partial charge < -0.3 is 10.6 Å². The maximum atomic E-state index is 12.2. The fourth-order valence-corrected chi connectivity index (χ4v) is 3.27. The lowest BCUT2D eigenvalue weighted by molar-refractivity contribution is 0.0791. The van der Waals surface area contributed by atoms with Crippen molar-refractivity contribution in [3.63, 3.8) is 0 Å². The molecule has 0 saturated carbocycles. The zero-order valence-electron chi connectivity index (χ0n) is 11.7. The molecule has 1 aliphatic rings. The first-order chi connectivity index (χ1) is 9.32. The average Bonchev–Trinajstić information content (AvgIpc) is 2.84. The average molecular weight is 296 g/mol. The molecule has 1 saturated heterocycles. The van der Waals surface area contributed by atoms with E-state index in [0.29, 0.717) is 18.7 Å². The van der Waals surface area contributed by atoms with E-state index in [9.17, 15) is 13.2 Å². The van der Waals surface area contributed by atoms with Crippen molar-refractivity contribution in [2.45, 2.75) is 36.5 Å². The first-order valence-electron chi connectivity index (χ1n) is 6.71. The maximum absolute atomic E-state index is 12.2. The molecule has 5 nitrogen and oxygen atoms in total. The van der Waals surface area contributed by atoms with E-state index in [4.69, 9.17) is 5.73 Å². The molecule has 1 heterocycles. The van der Waals surface area contributed by atoms with Crippen LogP contribution in [0.25, 0.3) is 0 Å². The Hall–Kier alpha value is -1.40. The van der Waals surface area contributed by atoms with Crippen molar-refractivity contribution in [1.82, 2.24) is 4.90 Å². The molecule has 0 radical (unpaired) electrons. The lowest BCUT2D eigenvalue weighted by Crippen LogP contribution is -2.31. The van der Waals surface area contributed by atoms with E-state index in [1.807, 2.05) is 0 Å². The molecule has 1 aromatic carbocycles. The number of hydrogen-bond donors (Lipinski definition) is 1. The third-order valence-corrected chi connectivity index (χ3v) is 5.73. The van der Waals surface area contributed by atoms with Crippen LogP contribution in [-0.2, 0) is 9.84 Å². The van der Waals surface area contributed by atoms with E-state index in [1.165, 1.54) is 12.1 Å². The summed E-state index contributed by atoms with van der Waals surface area (Å²) in [6.45, 7) is 4.50. The van der Waals surface area contributed by atoms with Gasteiger partial charge in [0.2, 0.25) is 0 Å². The van der Waals surface area contributed by atoms with E-state index in [2.05, 4.69) is 0 Å². The van der Waals surface area contributed by atoms with Crippen LogP contribution in [0.3, 0.4) is 0 Å². The Bertz CT molecular complexity index is 593. The minimum Gasteiger partial charge on any atom is -0.337 e. The van der Waals surface area contributed by atoms with Gasteiger partial charge in [0.25, 0.3) is 5.91 Å². The summed E-state index contributed by atoms with van der Waals surface area (Å²) in [6.07, 6.45) is 0.811. The van der Waals surface area contributed by atoms with Gasteiger partial charge in [-0.1, -0.05) is 0 Å². The third-order valence-electron chi connectivity index (χ3n) is 3.56. The van der Waals surface area contributed by atoms with Crippen LogP contribution in [0.5, 0.6) is 0 Å². The lowest BCUT2D eigenvalue weighted by atomic mass is 10.2. The summed E-state index contributed by atoms with van der Waals surface area (Å²) >= 11 is 0. The number of sulfone groups is 1. The highest BCUT2D eigenvalue weighted by Gasteiger charge is 2.25. The summed E-state index contributed by atoms with van der Waals surface area (Å²) in [6, 6.07) is 6.18. The van der Waals surface area contributed by atoms with E-state index in [1.54, 1.807) is 30.9 Å². The molecular weight excluding hydrogens is 276 g/mol. The van der Waals surface area contributed by atoms with Crippen molar-refractivity contribution >= 4 is 15.7 Å². The molecule has 2 N–H and O–H groups in total. The SMILES string of the molecule is CC(C)S(=O)(=O)c1ccc(C(=O)N2CC[C@@H](N)C2)cc1. The number of nitrogens with zero attached hydrogens (tertiary/aromatic N) is 1. The predicted molar refractivity (Wildman–Crippen MR) is 77.3 cm³/mol. The molecule has 0 aromatic heterocycles. The number of nitrogens with two attached hydrogens (primary N) is 1. The Labute approximate surface area is 119 Å². The molecule has 0 unspecified atom stereocenters. The van der Waals surface area contributed by atoms with Crippen molar-refractivity contribution in [2.75, 3.05) is 13.1 Å². The maximum Gasteiger partial charge on any atom is 0.253 e. The lowest BCUT2D eigenvalue weighted by Gasteiger charge is -2.16. The smallest absolute Gasteiger partial charge is 0.253 e. The highest BCUT2D eigenvalue weighted by atomic mass is 32.2. The minimum absolute atomic E-state index is 0.0412. The van der Waals surface area contributed by atoms with Crippen LogP contribution in [0.4, 0.5) is 0 Å². The second kappa shape index (κ2) is 5.54. The predicted octanol–water partition coefficient (Wildman–Crippen LogP) is 1.04. The first kappa shape index (κ1) is 15.0. The zero-order chi connectivity index (χ0) is 14.9. The molecule has 1 fully saturated rings. The van der Waals surface area contributed by atoms with E-state index in [0.717, 1.165) is 6.42 Å². The third kappa shape index (κ3) is 2.86. The molecule has 1 amide bonds. The van der Waals surface area contributed by atoms with Gasteiger partial charge in [0, 0.05) is 24.7 Å². The summed E-state index contributed by atoms with van der Waals surface area (Å²) in [5.41, 5.74) is 6.28. The van der Waals surface area contributed by atoms with E-state index >= 15 is 0 Å². The topological polar surface area (TPSA) is 80.5 Å². The van der Waals surface area contributed by atoms with Crippen molar-refractivity contribution in [3.8, 4) is 0 Å². The van der Waals surface area contributed by atoms with Gasteiger partial charge in [0.05, 0.1) is 10.1 Å². The Morgan fingerprint density at radius 1 is 1.30 bits per heavy atom. The molecule has 0 bridgehead atoms. The second-order valence-electron chi connectivity index (χ2n) is 5.42. The van der Waals surface area contributed by atoms with Crippen molar-refractivity contribution in [3.05, 3.63) is 29.8 Å². The fourth-order valence-electron chi connectivity index (χ4n) is 2.21. The van der Waals surface area contributed by atoms with Crippen LogP contribution in [0.2, 0.25) is 0 Å². The molecule has 20 heavy (non-hydrogen) atoms. The molecule has 6 heteroatoms. The molecule has 2 rings (SSSR count). The van der Waals surface area contributed by atoms with Gasteiger partial charge in [-0.05, 0) is 44.5 Å². The summed E-state index contributed by atoms with van der Waals surface area (Å²) in [7, 11) is -3.29. The van der Waals surface area contributed by atoms with Gasteiger partial charge >= 0.3 is 0 Å². The quantitative estimate of drug-likeness (QED) is 0.904. The van der Waals surface area contributed by atoms with E-state index in [-0.39, 0.29) is 16.8 Å². The zero-order valence-corrected chi connectivity index (χ0v) is 12.6. The minimum atomic E-state index is -3.29. The van der Waals surface area contributed by atoms with Gasteiger partial charge in [-0.25, -0.2) is 8.42 Å². The number of carbonyl (C=O) groups is 1. The highest BCUT2D eigenvalue weighted by molar-refractivity contribution is 7.92. The van der Waals surface area contributed by atoms with Crippen LogP contribution in [0, 0.1) is 0 Å². The van der Waals surface area contributed by atoms with Crippen molar-refractivity contribution in [2.24, 2.45) is 5.73 Å². The van der Waals surface area contributed by atoms with Crippen LogP contribution < -0.4 is 5.73 Å². The van der Waals surface area contributed by atoms with Gasteiger partial charge in [-0.3, -0.25) is 4.79 Å². The second-order valence-corrected chi connectivity index (χ2v) is 7.92. The van der Waals surface area contributed by atoms with Crippen LogP contribution in [-0.4, -0.2) is 43.6 Å². The van der Waals surface area contributed by atoms with Gasteiger partial charge in [0.15, 0.2) is 9.84 Å². The van der Waals surface area contributed by atoms with Crippen LogP contribution in [0.1, 0.15) is 30.6 Å². The summed E-state index contributed by atoms with van der Waals surface area (Å²) < 4.78 is 24.0. The monoisotopic (exact) mass is 296 g/mol. The van der Waals surface area contributed by atoms with Gasteiger partial charge in [0.1, 0.15) is 0 Å². The summed E-state index contributed by atoms with van der Waals surface area (Å²) in [5, 5.41) is -0.472. The Morgan fingerprint density at radius 3 is 2.35 bits per heavy atom. The van der Waals surface area contributed by atoms with Crippen LogP contribution in [0.15, 0.2) is 29.2 Å². The summed E-state index contributed by atoms with van der Waals surface area (Å²) in [5.74, 6) is -0.0913. The van der Waals surface area contributed by atoms with Crippen LogP contribution >= 0.6 is 0 Å². The standard InChI is InChI=1S/C14H20N2O3S/c1-10(2)20(18,19)13-5-3-11(4-6-13)14(17)16-8-7-12(15)9-16/h3-6,10,12H,7-9,15H2,1-2H3/t12-/m1/s1. The molecule has 0 spiro atoms. The Balaban J connectivity index is 2.19. The van der Waals surface area contributed by atoms with E-state index < -0.39 is 15.1 Å². The molecule has 1 aliphatic heterocycles. The number of carbonyl (C=O) groups excluding carboxylic acids is 1. The van der Waals surface area contributed by atoms with Gasteiger partial charge in [-0.15, -0.1) is 0 Å². The normalized spacial score (nSPS) is 19.6. The van der Waals surface area contributed by atoms with Crippen molar-refractivity contribution in [1.29, 1.82) is 0 Å². The van der Waals surface area contributed by atoms with Gasteiger partial charge in [-0.2, -0.15) is 0 Å². The fraction of sp³-hybridized carbons (Fsp3) is 0.500. The first-order valence-corrected chi connectivity index (χ1v) is 8.26. The molecule has 1 aromatic rings. The molecule has 110 valence electrons. The number of hydrogen-bond acceptors (Lipinski definition) is 4. The largest absolute Gasteiger partial charge is 0.337 e. The Morgan fingerprint density at radius 2 is 1.90 bits per heavy atom. The number of amides is 1. The van der Waals surface area contributed by atoms with Crippen molar-refractivity contribution < 1.29 is 13.2 Å². The molecule has 1 atom stereocenters. The Kier molecular flexibility index (Phi) is 4.15.